The van der Waals surface area contributed by atoms with Crippen molar-refractivity contribution >= 4 is 29.4 Å². The molecule has 0 unspecified atom stereocenters. The molecule has 0 aliphatic rings. The minimum Gasteiger partial charge on any atom is -0.469 e. The molecule has 0 spiro atoms. The Balaban J connectivity index is 3.29. The molecule has 1 aromatic carbocycles. The third-order valence-electron chi connectivity index (χ3n) is 3.00. The summed E-state index contributed by atoms with van der Waals surface area (Å²) in [5.41, 5.74) is -1.98. The van der Waals surface area contributed by atoms with Crippen LogP contribution in [0.1, 0.15) is 28.7 Å². The number of carbonyl (C=O) groups excluding carboxylic acids is 4. The van der Waals surface area contributed by atoms with Gasteiger partial charge >= 0.3 is 24.0 Å². The zero-order valence-electron chi connectivity index (χ0n) is 18.1. The second kappa shape index (κ2) is 9.55. The van der Waals surface area contributed by atoms with Crippen molar-refractivity contribution in [3.63, 3.8) is 0 Å². The first-order valence-corrected chi connectivity index (χ1v) is 7.20. The minimum atomic E-state index is -5.35. The van der Waals surface area contributed by atoms with Crippen molar-refractivity contribution in [1.29, 1.82) is 0 Å². The van der Waals surface area contributed by atoms with Gasteiger partial charge in [0.05, 0.1) is 19.7 Å². The number of hydrogen-bond donors (Lipinski definition) is 2. The van der Waals surface area contributed by atoms with Crippen molar-refractivity contribution in [2.24, 2.45) is 0 Å². The monoisotopic (exact) mass is 394 g/mol. The smallest absolute Gasteiger partial charge is 0.469 e. The standard InChI is InChI=1S/C16H17F3N2O6/c1-26-12(22)8-7-11(14(24)27-2)21-13(23)9-3-5-10(6-4-9)20-15(25)16(17,18)19/h3-6,11H,7-8H2,1-2H3,(H,20,25)(H,21,23)/t11-/m0/s1/i3D,4D,5D,6D. The summed E-state index contributed by atoms with van der Waals surface area (Å²) < 4.78 is 77.3. The number of methoxy groups -OCH3 is 2. The van der Waals surface area contributed by atoms with Gasteiger partial charge in [0.1, 0.15) is 6.04 Å². The Morgan fingerprint density at radius 1 is 1.11 bits per heavy atom. The van der Waals surface area contributed by atoms with Gasteiger partial charge in [0.25, 0.3) is 5.91 Å². The van der Waals surface area contributed by atoms with Gasteiger partial charge in [0.15, 0.2) is 0 Å². The fourth-order valence-corrected chi connectivity index (χ4v) is 1.66. The van der Waals surface area contributed by atoms with Gasteiger partial charge in [-0.15, -0.1) is 0 Å². The summed E-state index contributed by atoms with van der Waals surface area (Å²) in [6.45, 7) is 0. The van der Waals surface area contributed by atoms with Crippen molar-refractivity contribution in [3.8, 4) is 0 Å². The van der Waals surface area contributed by atoms with Crippen LogP contribution < -0.4 is 10.6 Å². The number of esters is 2. The van der Waals surface area contributed by atoms with E-state index in [-0.39, 0.29) is 12.8 Å². The molecule has 0 radical (unpaired) electrons. The van der Waals surface area contributed by atoms with Crippen LogP contribution >= 0.6 is 0 Å². The van der Waals surface area contributed by atoms with Crippen LogP contribution in [0.15, 0.2) is 24.2 Å². The largest absolute Gasteiger partial charge is 0.471 e. The molecule has 1 rings (SSSR count). The lowest BCUT2D eigenvalue weighted by molar-refractivity contribution is -0.167. The minimum absolute atomic E-state index is 0.285. The summed E-state index contributed by atoms with van der Waals surface area (Å²) in [6, 6.07) is -5.79. The highest BCUT2D eigenvalue weighted by Gasteiger charge is 2.38. The normalized spacial score (nSPS) is 14.0. The van der Waals surface area contributed by atoms with E-state index in [0.29, 0.717) is 0 Å². The van der Waals surface area contributed by atoms with E-state index in [2.05, 4.69) is 14.8 Å². The Kier molecular flexibility index (Phi) is 5.69. The fourth-order valence-electron chi connectivity index (χ4n) is 1.66. The topological polar surface area (TPSA) is 111 Å². The summed E-state index contributed by atoms with van der Waals surface area (Å²) in [4.78, 5) is 46.7. The van der Waals surface area contributed by atoms with E-state index in [9.17, 15) is 32.3 Å². The molecule has 1 aromatic rings. The third kappa shape index (κ3) is 6.96. The average molecular weight is 394 g/mol. The predicted molar refractivity (Wildman–Crippen MR) is 85.6 cm³/mol. The molecule has 0 aliphatic heterocycles. The van der Waals surface area contributed by atoms with E-state index in [4.69, 9.17) is 5.48 Å². The summed E-state index contributed by atoms with van der Waals surface area (Å²) in [5, 5.41) is 3.33. The molecule has 27 heavy (non-hydrogen) atoms. The zero-order chi connectivity index (χ0) is 24.1. The van der Waals surface area contributed by atoms with Gasteiger partial charge in [-0.2, -0.15) is 13.2 Å². The fraction of sp³-hybridized carbons (Fsp3) is 0.375. The van der Waals surface area contributed by atoms with E-state index in [1.54, 1.807) is 0 Å². The van der Waals surface area contributed by atoms with Crippen molar-refractivity contribution in [3.05, 3.63) is 29.7 Å². The van der Waals surface area contributed by atoms with E-state index in [1.165, 1.54) is 5.32 Å². The van der Waals surface area contributed by atoms with Gasteiger partial charge in [0.2, 0.25) is 0 Å². The molecule has 0 bridgehead atoms. The van der Waals surface area contributed by atoms with Crippen LogP contribution in [-0.2, 0) is 23.9 Å². The Bertz CT molecular complexity index is 881. The quantitative estimate of drug-likeness (QED) is 0.677. The van der Waals surface area contributed by atoms with Crippen LogP contribution in [0.5, 0.6) is 0 Å². The van der Waals surface area contributed by atoms with Crippen LogP contribution in [0.3, 0.4) is 0 Å². The molecule has 11 heteroatoms. The maximum absolute atomic E-state index is 12.5. The second-order valence-corrected chi connectivity index (χ2v) is 4.87. The molecule has 0 saturated carbocycles. The Morgan fingerprint density at radius 3 is 2.19 bits per heavy atom. The van der Waals surface area contributed by atoms with Gasteiger partial charge in [-0.05, 0) is 30.6 Å². The highest BCUT2D eigenvalue weighted by molar-refractivity contribution is 5.98. The van der Waals surface area contributed by atoms with Crippen LogP contribution in [0.25, 0.3) is 0 Å². The molecular formula is C16H17F3N2O6. The van der Waals surface area contributed by atoms with Crippen LogP contribution in [0.4, 0.5) is 18.9 Å². The van der Waals surface area contributed by atoms with Crippen molar-refractivity contribution < 1.29 is 47.3 Å². The molecule has 2 N–H and O–H groups in total. The number of alkyl halides is 3. The number of anilines is 1. The average Bonchev–Trinajstić information content (AvgIpc) is 2.70. The van der Waals surface area contributed by atoms with Gasteiger partial charge in [-0.1, -0.05) is 0 Å². The number of halogens is 3. The summed E-state index contributed by atoms with van der Waals surface area (Å²) >= 11 is 0. The number of rotatable bonds is 7. The third-order valence-corrected chi connectivity index (χ3v) is 3.00. The van der Waals surface area contributed by atoms with E-state index >= 15 is 0 Å². The number of nitrogens with one attached hydrogen (secondary N) is 2. The van der Waals surface area contributed by atoms with Crippen molar-refractivity contribution in [2.75, 3.05) is 19.5 Å². The number of benzene rings is 1. The number of carbonyl (C=O) groups is 4. The van der Waals surface area contributed by atoms with Crippen LogP contribution in [-0.4, -0.2) is 50.2 Å². The van der Waals surface area contributed by atoms with Gasteiger partial charge in [-0.3, -0.25) is 14.4 Å². The van der Waals surface area contributed by atoms with Crippen molar-refractivity contribution in [1.82, 2.24) is 5.32 Å². The zero-order valence-corrected chi connectivity index (χ0v) is 14.1. The number of hydrogen-bond acceptors (Lipinski definition) is 6. The lowest BCUT2D eigenvalue weighted by Gasteiger charge is -2.16. The molecule has 0 aromatic heterocycles. The summed E-state index contributed by atoms with van der Waals surface area (Å²) in [5.74, 6) is -5.51. The highest BCUT2D eigenvalue weighted by atomic mass is 19.4. The number of ether oxygens (including phenoxy) is 2. The lowest BCUT2D eigenvalue weighted by atomic mass is 10.1. The SMILES string of the molecule is [2H]c1c([2H])c(C(=O)N[C@@H](CCC(=O)OC)C(=O)OC)c([2H])c([2H])c1NC(=O)C(F)(F)F. The van der Waals surface area contributed by atoms with Gasteiger partial charge in [0, 0.05) is 17.7 Å². The molecule has 148 valence electrons. The Morgan fingerprint density at radius 2 is 1.70 bits per heavy atom. The van der Waals surface area contributed by atoms with Crippen LogP contribution in [0, 0.1) is 0 Å². The molecule has 1 atom stereocenters. The first kappa shape index (κ1) is 16.1. The van der Waals surface area contributed by atoms with Gasteiger partial charge < -0.3 is 20.1 Å². The number of amides is 2. The second-order valence-electron chi connectivity index (χ2n) is 4.87. The van der Waals surface area contributed by atoms with Gasteiger partial charge in [-0.25, -0.2) is 4.79 Å². The Labute approximate surface area is 157 Å². The first-order valence-electron chi connectivity index (χ1n) is 9.20. The molecule has 8 nitrogen and oxygen atoms in total. The van der Waals surface area contributed by atoms with E-state index in [0.717, 1.165) is 14.2 Å². The van der Waals surface area contributed by atoms with E-state index in [1.807, 2.05) is 0 Å². The van der Waals surface area contributed by atoms with Crippen molar-refractivity contribution in [2.45, 2.75) is 25.1 Å². The lowest BCUT2D eigenvalue weighted by Crippen LogP contribution is -2.41. The van der Waals surface area contributed by atoms with Crippen LogP contribution in [0.2, 0.25) is 0 Å². The molecule has 0 saturated heterocycles. The molecule has 0 heterocycles. The van der Waals surface area contributed by atoms with E-state index < -0.39 is 71.4 Å². The molecule has 0 aliphatic carbocycles. The first-order chi connectivity index (χ1) is 14.3. The summed E-state index contributed by atoms with van der Waals surface area (Å²) in [7, 11) is 2.09. The predicted octanol–water partition coefficient (Wildman–Crippen LogP) is 1.41. The molecular weight excluding hydrogens is 373 g/mol. The molecule has 0 fully saturated rings. The maximum atomic E-state index is 12.5. The highest BCUT2D eigenvalue weighted by Crippen LogP contribution is 2.18. The molecule has 2 amide bonds. The maximum Gasteiger partial charge on any atom is 0.471 e. The summed E-state index contributed by atoms with van der Waals surface area (Å²) in [6.07, 6.45) is -5.95. The Hall–Kier alpha value is -3.11.